The number of hydrogen-bond donors (Lipinski definition) is 2. The van der Waals surface area contributed by atoms with Gasteiger partial charge in [0.25, 0.3) is 0 Å². The summed E-state index contributed by atoms with van der Waals surface area (Å²) < 4.78 is 26.1. The number of sulfonamides is 1. The predicted octanol–water partition coefficient (Wildman–Crippen LogP) is -0.946. The summed E-state index contributed by atoms with van der Waals surface area (Å²) in [5, 5.41) is 3.07. The van der Waals surface area contributed by atoms with E-state index in [0.29, 0.717) is 38.7 Å². The number of hydrogen-bond acceptors (Lipinski definition) is 4. The molecule has 9 heteroatoms. The molecule has 8 nitrogen and oxygen atoms in total. The van der Waals surface area contributed by atoms with Gasteiger partial charge in [-0.25, -0.2) is 13.1 Å². The van der Waals surface area contributed by atoms with Crippen LogP contribution in [0, 0.1) is 0 Å². The molecule has 1 aliphatic rings. The molecule has 0 atom stereocenters. The summed E-state index contributed by atoms with van der Waals surface area (Å²) in [5.74, 6) is 0.744. The van der Waals surface area contributed by atoms with E-state index in [4.69, 9.17) is 0 Å². The monoisotopic (exact) mass is 333 g/mol. The van der Waals surface area contributed by atoms with Crippen LogP contribution in [0.25, 0.3) is 0 Å². The van der Waals surface area contributed by atoms with Crippen molar-refractivity contribution in [3.63, 3.8) is 0 Å². The van der Waals surface area contributed by atoms with Crippen molar-refractivity contribution >= 4 is 21.9 Å². The van der Waals surface area contributed by atoms with E-state index >= 15 is 0 Å². The summed E-state index contributed by atoms with van der Waals surface area (Å²) in [5.41, 5.74) is 0. The highest BCUT2D eigenvalue weighted by atomic mass is 32.2. The summed E-state index contributed by atoms with van der Waals surface area (Å²) in [7, 11) is -1.61. The molecular weight excluding hydrogens is 306 g/mol. The minimum absolute atomic E-state index is 0.00237. The molecule has 1 rings (SSSR count). The lowest BCUT2D eigenvalue weighted by molar-refractivity contribution is -0.130. The van der Waals surface area contributed by atoms with E-state index < -0.39 is 10.0 Å². The third-order valence-electron chi connectivity index (χ3n) is 3.31. The number of carbonyl (C=O) groups is 1. The van der Waals surface area contributed by atoms with Gasteiger partial charge in [0.2, 0.25) is 15.9 Å². The number of amides is 1. The highest BCUT2D eigenvalue weighted by Crippen LogP contribution is 2.02. The molecule has 1 fully saturated rings. The SMILES string of the molecule is CN=C(NCCS(=O)(=O)NC(C)C)N1CCN(C(C)=O)CC1. The van der Waals surface area contributed by atoms with E-state index in [-0.39, 0.29) is 17.7 Å². The maximum Gasteiger partial charge on any atom is 0.219 e. The average Bonchev–Trinajstić information content (AvgIpc) is 2.42. The molecule has 1 amide bonds. The summed E-state index contributed by atoms with van der Waals surface area (Å²) in [6, 6.07) is -0.107. The van der Waals surface area contributed by atoms with Crippen molar-refractivity contribution in [1.82, 2.24) is 19.8 Å². The molecule has 0 bridgehead atoms. The Morgan fingerprint density at radius 1 is 1.18 bits per heavy atom. The van der Waals surface area contributed by atoms with Gasteiger partial charge in [0.05, 0.1) is 5.75 Å². The van der Waals surface area contributed by atoms with Crippen molar-refractivity contribution < 1.29 is 13.2 Å². The second kappa shape index (κ2) is 8.33. The van der Waals surface area contributed by atoms with Gasteiger partial charge in [-0.05, 0) is 13.8 Å². The summed E-state index contributed by atoms with van der Waals surface area (Å²) >= 11 is 0. The molecule has 0 aromatic carbocycles. The molecule has 22 heavy (non-hydrogen) atoms. The summed E-state index contributed by atoms with van der Waals surface area (Å²) in [6.45, 7) is 8.13. The highest BCUT2D eigenvalue weighted by Gasteiger charge is 2.21. The third-order valence-corrected chi connectivity index (χ3v) is 4.88. The number of guanidine groups is 1. The van der Waals surface area contributed by atoms with Crippen molar-refractivity contribution in [2.75, 3.05) is 45.5 Å². The Morgan fingerprint density at radius 2 is 1.73 bits per heavy atom. The van der Waals surface area contributed by atoms with Crippen molar-refractivity contribution in [3.8, 4) is 0 Å². The number of carbonyl (C=O) groups excluding carboxylic acids is 1. The van der Waals surface area contributed by atoms with Crippen LogP contribution in [0.5, 0.6) is 0 Å². The van der Waals surface area contributed by atoms with Crippen LogP contribution in [0.4, 0.5) is 0 Å². The number of rotatable bonds is 5. The maximum atomic E-state index is 11.8. The molecule has 1 heterocycles. The topological polar surface area (TPSA) is 94.1 Å². The number of nitrogens with one attached hydrogen (secondary N) is 2. The van der Waals surface area contributed by atoms with Crippen LogP contribution < -0.4 is 10.0 Å². The van der Waals surface area contributed by atoms with Crippen LogP contribution in [0.1, 0.15) is 20.8 Å². The van der Waals surface area contributed by atoms with Gasteiger partial charge in [-0.15, -0.1) is 0 Å². The van der Waals surface area contributed by atoms with Gasteiger partial charge in [0, 0.05) is 52.7 Å². The quantitative estimate of drug-likeness (QED) is 0.500. The van der Waals surface area contributed by atoms with Gasteiger partial charge in [0.1, 0.15) is 0 Å². The van der Waals surface area contributed by atoms with Crippen LogP contribution in [0.3, 0.4) is 0 Å². The van der Waals surface area contributed by atoms with E-state index in [2.05, 4.69) is 15.0 Å². The van der Waals surface area contributed by atoms with E-state index in [1.54, 1.807) is 32.7 Å². The minimum atomic E-state index is -3.27. The first-order chi connectivity index (χ1) is 10.2. The van der Waals surface area contributed by atoms with Gasteiger partial charge < -0.3 is 15.1 Å². The molecule has 0 aromatic heterocycles. The largest absolute Gasteiger partial charge is 0.355 e. The third kappa shape index (κ3) is 6.18. The molecule has 0 aromatic rings. The lowest BCUT2D eigenvalue weighted by Crippen LogP contribution is -2.54. The van der Waals surface area contributed by atoms with Gasteiger partial charge in [-0.2, -0.15) is 0 Å². The maximum absolute atomic E-state index is 11.8. The molecule has 0 radical (unpaired) electrons. The summed E-state index contributed by atoms with van der Waals surface area (Å²) in [4.78, 5) is 19.3. The van der Waals surface area contributed by atoms with Crippen LogP contribution in [-0.2, 0) is 14.8 Å². The van der Waals surface area contributed by atoms with Crippen LogP contribution in [-0.4, -0.2) is 81.7 Å². The van der Waals surface area contributed by atoms with Gasteiger partial charge >= 0.3 is 0 Å². The van der Waals surface area contributed by atoms with Crippen LogP contribution in [0.15, 0.2) is 4.99 Å². The molecular formula is C13H27N5O3S. The molecule has 1 aliphatic heterocycles. The highest BCUT2D eigenvalue weighted by molar-refractivity contribution is 7.89. The van der Waals surface area contributed by atoms with Crippen molar-refractivity contribution in [1.29, 1.82) is 0 Å². The minimum Gasteiger partial charge on any atom is -0.355 e. The standard InChI is InChI=1S/C13H27N5O3S/c1-11(2)16-22(20,21)10-5-15-13(14-4)18-8-6-17(7-9-18)12(3)19/h11,16H,5-10H2,1-4H3,(H,14,15). The molecule has 2 N–H and O–H groups in total. The second-order valence-corrected chi connectivity index (χ2v) is 7.43. The Kier molecular flexibility index (Phi) is 7.08. The van der Waals surface area contributed by atoms with E-state index in [0.717, 1.165) is 0 Å². The predicted molar refractivity (Wildman–Crippen MR) is 87.2 cm³/mol. The lowest BCUT2D eigenvalue weighted by Gasteiger charge is -2.36. The number of piperazine rings is 1. The fourth-order valence-corrected chi connectivity index (χ4v) is 3.49. The normalized spacial score (nSPS) is 17.0. The summed E-state index contributed by atoms with van der Waals surface area (Å²) in [6.07, 6.45) is 0. The zero-order valence-electron chi connectivity index (χ0n) is 13.8. The zero-order chi connectivity index (χ0) is 16.8. The average molecular weight is 333 g/mol. The Morgan fingerprint density at radius 3 is 2.18 bits per heavy atom. The van der Waals surface area contributed by atoms with E-state index in [9.17, 15) is 13.2 Å². The van der Waals surface area contributed by atoms with Gasteiger partial charge in [-0.1, -0.05) is 0 Å². The van der Waals surface area contributed by atoms with Crippen molar-refractivity contribution in [2.24, 2.45) is 4.99 Å². The molecule has 0 aliphatic carbocycles. The Bertz CT molecular complexity index is 496. The first-order valence-electron chi connectivity index (χ1n) is 7.46. The number of nitrogens with zero attached hydrogens (tertiary/aromatic N) is 3. The molecule has 0 saturated carbocycles. The fraction of sp³-hybridized carbons (Fsp3) is 0.846. The van der Waals surface area contributed by atoms with Crippen molar-refractivity contribution in [2.45, 2.75) is 26.8 Å². The van der Waals surface area contributed by atoms with E-state index in [1.807, 2.05) is 4.90 Å². The van der Waals surface area contributed by atoms with Crippen LogP contribution >= 0.6 is 0 Å². The lowest BCUT2D eigenvalue weighted by atomic mass is 10.3. The Labute approximate surface area is 133 Å². The fourth-order valence-electron chi connectivity index (χ4n) is 2.28. The van der Waals surface area contributed by atoms with Crippen molar-refractivity contribution in [3.05, 3.63) is 0 Å². The molecule has 1 saturated heterocycles. The van der Waals surface area contributed by atoms with Gasteiger partial charge in [-0.3, -0.25) is 9.79 Å². The zero-order valence-corrected chi connectivity index (χ0v) is 14.6. The Balaban J connectivity index is 2.43. The number of aliphatic imine (C=N–C) groups is 1. The molecule has 0 spiro atoms. The first kappa shape index (κ1) is 18.7. The second-order valence-electron chi connectivity index (χ2n) is 5.56. The van der Waals surface area contributed by atoms with Gasteiger partial charge in [0.15, 0.2) is 5.96 Å². The van der Waals surface area contributed by atoms with E-state index in [1.165, 1.54) is 0 Å². The smallest absolute Gasteiger partial charge is 0.219 e. The van der Waals surface area contributed by atoms with Crippen LogP contribution in [0.2, 0.25) is 0 Å². The Hall–Kier alpha value is -1.35. The first-order valence-corrected chi connectivity index (χ1v) is 9.11. The molecule has 0 unspecified atom stereocenters. The molecule has 128 valence electrons.